The van der Waals surface area contributed by atoms with Crippen LogP contribution in [0.4, 0.5) is 19.1 Å². The van der Waals surface area contributed by atoms with Gasteiger partial charge in [-0.25, -0.2) is 19.7 Å². The van der Waals surface area contributed by atoms with Gasteiger partial charge in [-0.1, -0.05) is 60.7 Å². The van der Waals surface area contributed by atoms with Crippen LogP contribution in [0, 0.1) is 0 Å². The van der Waals surface area contributed by atoms with Crippen LogP contribution in [-0.2, 0) is 11.3 Å². The molecule has 6 heterocycles. The van der Waals surface area contributed by atoms with Gasteiger partial charge in [0.15, 0.2) is 11.5 Å². The van der Waals surface area contributed by atoms with E-state index in [4.69, 9.17) is 29.8 Å². The highest BCUT2D eigenvalue weighted by Gasteiger charge is 2.38. The molecule has 0 radical (unpaired) electrons. The average molecular weight is 737 g/mol. The molecule has 2 aliphatic heterocycles. The lowest BCUT2D eigenvalue weighted by Crippen LogP contribution is -2.49. The molecule has 0 unspecified atom stereocenters. The molecule has 2 aromatic carbocycles. The molecular weight excluding hydrogens is 697 g/mol. The molecule has 1 atom stereocenters. The van der Waals surface area contributed by atoms with E-state index in [9.17, 15) is 13.2 Å². The molecule has 8 rings (SSSR count). The molecule has 0 bridgehead atoms. The zero-order valence-corrected chi connectivity index (χ0v) is 29.5. The van der Waals surface area contributed by atoms with Crippen molar-refractivity contribution in [3.05, 3.63) is 103 Å². The number of aromatic amines is 1. The highest BCUT2D eigenvalue weighted by Crippen LogP contribution is 2.34. The van der Waals surface area contributed by atoms with Gasteiger partial charge in [-0.15, -0.1) is 0 Å². The third-order valence-electron chi connectivity index (χ3n) is 9.54. The van der Waals surface area contributed by atoms with Gasteiger partial charge in [0.05, 0.1) is 5.69 Å². The molecule has 0 saturated carbocycles. The number of aromatic nitrogens is 7. The number of halogens is 3. The molecule has 6 aromatic rings. The largest absolute Gasteiger partial charge is 0.490 e. The molecule has 12 nitrogen and oxygen atoms in total. The summed E-state index contributed by atoms with van der Waals surface area (Å²) in [4.78, 5) is 37.7. The number of piperazine rings is 1. The Morgan fingerprint density at radius 1 is 0.907 bits per heavy atom. The van der Waals surface area contributed by atoms with Crippen molar-refractivity contribution < 1.29 is 23.1 Å². The van der Waals surface area contributed by atoms with Gasteiger partial charge in [0.1, 0.15) is 11.5 Å². The number of fused-ring (bicyclic) bond motifs is 1. The molecule has 3 N–H and O–H groups in total. The summed E-state index contributed by atoms with van der Waals surface area (Å²) >= 11 is 0. The smallest absolute Gasteiger partial charge is 0.475 e. The normalized spacial score (nSPS) is 16.9. The molecule has 15 heteroatoms. The second kappa shape index (κ2) is 16.1. The van der Waals surface area contributed by atoms with Crippen LogP contribution in [0.3, 0.4) is 0 Å². The van der Waals surface area contributed by atoms with Crippen molar-refractivity contribution in [2.75, 3.05) is 37.6 Å². The predicted molar refractivity (Wildman–Crippen MR) is 198 cm³/mol. The third-order valence-corrected chi connectivity index (χ3v) is 9.54. The molecule has 2 fully saturated rings. The van der Waals surface area contributed by atoms with E-state index in [1.165, 1.54) is 5.56 Å². The van der Waals surface area contributed by atoms with Crippen LogP contribution in [0.25, 0.3) is 44.9 Å². The van der Waals surface area contributed by atoms with Crippen molar-refractivity contribution >= 4 is 23.0 Å². The van der Waals surface area contributed by atoms with E-state index in [0.717, 1.165) is 103 Å². The Bertz CT molecular complexity index is 2180. The number of pyridine rings is 2. The summed E-state index contributed by atoms with van der Waals surface area (Å²) in [6, 6.07) is 27.8. The van der Waals surface area contributed by atoms with Crippen LogP contribution in [-0.4, -0.2) is 96.0 Å². The van der Waals surface area contributed by atoms with E-state index in [-0.39, 0.29) is 0 Å². The number of aliphatic carboxylic acids is 1. The predicted octanol–water partition coefficient (Wildman–Crippen LogP) is 6.35. The minimum atomic E-state index is -5.08. The highest BCUT2D eigenvalue weighted by molar-refractivity contribution is 5.90. The van der Waals surface area contributed by atoms with Crippen LogP contribution < -0.4 is 10.2 Å². The molecule has 2 saturated heterocycles. The SMILES string of the molecule is C[C@H]1CN(c2ncc3cc(-c4ccccc4)c(-c4ccc(CN5CCC(c6nc(-c7ccccn7)n[nH]6)CC5)cc4)nc3n2)CCN1.O=C(O)C(F)(F)F. The van der Waals surface area contributed by atoms with Gasteiger partial charge in [0, 0.05) is 67.0 Å². The van der Waals surface area contributed by atoms with Crippen LogP contribution in [0.1, 0.15) is 37.1 Å². The summed E-state index contributed by atoms with van der Waals surface area (Å²) in [6.45, 7) is 7.84. The van der Waals surface area contributed by atoms with E-state index < -0.39 is 12.1 Å². The van der Waals surface area contributed by atoms with Crippen molar-refractivity contribution in [3.63, 3.8) is 0 Å². The van der Waals surface area contributed by atoms with Crippen molar-refractivity contribution in [3.8, 4) is 33.9 Å². The number of anilines is 1. The van der Waals surface area contributed by atoms with E-state index in [2.05, 4.69) is 91.8 Å². The first-order valence-corrected chi connectivity index (χ1v) is 17.8. The molecule has 0 spiro atoms. The van der Waals surface area contributed by atoms with Crippen molar-refractivity contribution in [2.45, 2.75) is 44.4 Å². The number of hydrogen-bond donors (Lipinski definition) is 3. The zero-order chi connectivity index (χ0) is 37.7. The number of H-pyrrole nitrogens is 1. The molecular formula is C39H39F3N10O2. The molecule has 0 amide bonds. The zero-order valence-electron chi connectivity index (χ0n) is 29.5. The van der Waals surface area contributed by atoms with E-state index >= 15 is 0 Å². The third kappa shape index (κ3) is 8.69. The second-order valence-corrected chi connectivity index (χ2v) is 13.4. The lowest BCUT2D eigenvalue weighted by atomic mass is 9.95. The standard InChI is InChI=1S/C37H38N10.C2HF3O2/c1-25-23-47(20-17-38-25)37-40-22-30-21-31(27-7-3-2-4-8-27)33(41-34(30)43-37)28-12-10-26(11-13-28)24-46-18-14-29(15-19-46)35-42-36(45-44-35)32-9-5-6-16-39-32;3-2(4,5)1(6)7/h2-13,16,21-22,25,29,38H,14-15,17-20,23-24H2,1H3,(H,42,44,45);(H,6,7)/t25-;/m0./s1. The minimum Gasteiger partial charge on any atom is -0.475 e. The molecule has 4 aromatic heterocycles. The lowest BCUT2D eigenvalue weighted by Gasteiger charge is -2.31. The van der Waals surface area contributed by atoms with Crippen molar-refractivity contribution in [1.82, 2.24) is 45.3 Å². The first-order valence-electron chi connectivity index (χ1n) is 17.8. The summed E-state index contributed by atoms with van der Waals surface area (Å²) in [5, 5.41) is 19.2. The molecule has 0 aliphatic carbocycles. The fourth-order valence-electron chi connectivity index (χ4n) is 6.74. The Morgan fingerprint density at radius 3 is 2.33 bits per heavy atom. The summed E-state index contributed by atoms with van der Waals surface area (Å²) in [7, 11) is 0. The summed E-state index contributed by atoms with van der Waals surface area (Å²) in [6.07, 6.45) is 0.706. The van der Waals surface area contributed by atoms with Crippen LogP contribution in [0.15, 0.2) is 91.3 Å². The van der Waals surface area contributed by atoms with Gasteiger partial charge in [-0.2, -0.15) is 23.3 Å². The number of alkyl halides is 3. The fourth-order valence-corrected chi connectivity index (χ4v) is 6.74. The van der Waals surface area contributed by atoms with E-state index in [1.807, 2.05) is 30.5 Å². The first kappa shape index (κ1) is 36.6. The summed E-state index contributed by atoms with van der Waals surface area (Å²) in [5.41, 5.74) is 7.05. The second-order valence-electron chi connectivity index (χ2n) is 13.4. The number of carboxylic acid groups (broad SMARTS) is 1. The molecule has 2 aliphatic rings. The Kier molecular flexibility index (Phi) is 10.9. The summed E-state index contributed by atoms with van der Waals surface area (Å²) in [5.74, 6) is 0.00165. The number of nitrogens with zero attached hydrogens (tertiary/aromatic N) is 8. The number of nitrogens with one attached hydrogen (secondary N) is 2. The summed E-state index contributed by atoms with van der Waals surface area (Å²) < 4.78 is 31.7. The van der Waals surface area contributed by atoms with E-state index in [1.54, 1.807) is 6.20 Å². The van der Waals surface area contributed by atoms with Crippen LogP contribution in [0.5, 0.6) is 0 Å². The number of hydrogen-bond acceptors (Lipinski definition) is 10. The Balaban J connectivity index is 0.000000588. The molecule has 278 valence electrons. The molecule has 54 heavy (non-hydrogen) atoms. The van der Waals surface area contributed by atoms with Crippen LogP contribution >= 0.6 is 0 Å². The Morgan fingerprint density at radius 2 is 1.65 bits per heavy atom. The highest BCUT2D eigenvalue weighted by atomic mass is 19.4. The lowest BCUT2D eigenvalue weighted by molar-refractivity contribution is -0.192. The number of likely N-dealkylation sites (tertiary alicyclic amines) is 1. The number of piperidine rings is 1. The van der Waals surface area contributed by atoms with Crippen LogP contribution in [0.2, 0.25) is 0 Å². The monoisotopic (exact) mass is 736 g/mol. The number of carbonyl (C=O) groups is 1. The number of benzene rings is 2. The Labute approximate surface area is 309 Å². The number of rotatable bonds is 7. The van der Waals surface area contributed by atoms with Gasteiger partial charge in [-0.05, 0) is 62.2 Å². The minimum absolute atomic E-state index is 0.383. The Hall–Kier alpha value is -5.80. The van der Waals surface area contributed by atoms with Gasteiger partial charge >= 0.3 is 12.1 Å². The van der Waals surface area contributed by atoms with Gasteiger partial charge in [-0.3, -0.25) is 15.0 Å². The maximum absolute atomic E-state index is 10.6. The number of carboxylic acids is 1. The topological polar surface area (TPSA) is 149 Å². The maximum Gasteiger partial charge on any atom is 0.490 e. The van der Waals surface area contributed by atoms with Gasteiger partial charge in [0.25, 0.3) is 0 Å². The van der Waals surface area contributed by atoms with Crippen molar-refractivity contribution in [2.24, 2.45) is 0 Å². The maximum atomic E-state index is 10.6. The van der Waals surface area contributed by atoms with Gasteiger partial charge in [0.2, 0.25) is 5.95 Å². The van der Waals surface area contributed by atoms with Crippen molar-refractivity contribution in [1.29, 1.82) is 0 Å². The van der Waals surface area contributed by atoms with E-state index in [0.29, 0.717) is 17.8 Å². The fraction of sp³-hybridized carbons (Fsp3) is 0.308. The quantitative estimate of drug-likeness (QED) is 0.168. The first-order chi connectivity index (χ1) is 26.1. The van der Waals surface area contributed by atoms with Gasteiger partial charge < -0.3 is 15.3 Å². The average Bonchev–Trinajstić information content (AvgIpc) is 3.69.